The first-order chi connectivity index (χ1) is 10.7. The molecule has 2 rings (SSSR count). The number of nitrogens with one attached hydrogen (secondary N) is 1. The summed E-state index contributed by atoms with van der Waals surface area (Å²) in [4.78, 5) is 35.5. The maximum Gasteiger partial charge on any atom is 0.348 e. The number of thiophene rings is 1. The van der Waals surface area contributed by atoms with Gasteiger partial charge >= 0.3 is 12.0 Å². The van der Waals surface area contributed by atoms with Crippen LogP contribution in [0, 0.1) is 11.3 Å². The molecule has 0 saturated carbocycles. The third-order valence-corrected chi connectivity index (χ3v) is 5.32. The van der Waals surface area contributed by atoms with Gasteiger partial charge in [-0.05, 0) is 42.2 Å². The number of esters is 1. The summed E-state index contributed by atoms with van der Waals surface area (Å²) >= 11 is 1.42. The predicted octanol–water partition coefficient (Wildman–Crippen LogP) is 2.25. The van der Waals surface area contributed by atoms with Crippen molar-refractivity contribution >= 4 is 29.2 Å². The van der Waals surface area contributed by atoms with Crippen molar-refractivity contribution in [2.75, 3.05) is 6.61 Å². The third-order valence-electron chi connectivity index (χ3n) is 4.11. The highest BCUT2D eigenvalue weighted by molar-refractivity contribution is 7.14. The SMILES string of the molecule is CC(C)(C)[C@H]1CCc2sc(C(=O)OCC(=O)NC(N)=O)cc2C1. The molecule has 0 unspecified atom stereocenters. The number of hydrogen-bond donors (Lipinski definition) is 2. The summed E-state index contributed by atoms with van der Waals surface area (Å²) in [7, 11) is 0. The standard InChI is InChI=1S/C16H22N2O4S/c1-16(2,3)10-4-5-11-9(6-10)7-12(23-11)14(20)22-8-13(19)18-15(17)21/h7,10H,4-6,8H2,1-3H3,(H3,17,18,19,21)/t10-/m0/s1. The van der Waals surface area contributed by atoms with Crippen LogP contribution in [0.2, 0.25) is 0 Å². The number of imide groups is 1. The van der Waals surface area contributed by atoms with Crippen molar-refractivity contribution in [3.05, 3.63) is 21.4 Å². The van der Waals surface area contributed by atoms with Crippen LogP contribution in [0.25, 0.3) is 0 Å². The monoisotopic (exact) mass is 338 g/mol. The molecule has 0 bridgehead atoms. The number of hydrogen-bond acceptors (Lipinski definition) is 5. The molecule has 1 aliphatic rings. The van der Waals surface area contributed by atoms with E-state index in [0.29, 0.717) is 10.8 Å². The van der Waals surface area contributed by atoms with Gasteiger partial charge in [-0.15, -0.1) is 11.3 Å². The Hall–Kier alpha value is -1.89. The van der Waals surface area contributed by atoms with Crippen molar-refractivity contribution in [1.29, 1.82) is 0 Å². The highest BCUT2D eigenvalue weighted by atomic mass is 32.1. The fourth-order valence-corrected chi connectivity index (χ4v) is 3.84. The number of carbonyl (C=O) groups excluding carboxylic acids is 3. The molecule has 1 atom stereocenters. The van der Waals surface area contributed by atoms with Gasteiger partial charge in [-0.3, -0.25) is 10.1 Å². The van der Waals surface area contributed by atoms with Crippen molar-refractivity contribution < 1.29 is 19.1 Å². The number of carbonyl (C=O) groups is 3. The zero-order valence-corrected chi connectivity index (χ0v) is 14.4. The normalized spacial score (nSPS) is 17.3. The first-order valence-electron chi connectivity index (χ1n) is 7.55. The molecule has 0 spiro atoms. The van der Waals surface area contributed by atoms with E-state index in [9.17, 15) is 14.4 Å². The number of aryl methyl sites for hydroxylation is 1. The first-order valence-corrected chi connectivity index (χ1v) is 8.36. The maximum atomic E-state index is 12.0. The van der Waals surface area contributed by atoms with E-state index in [1.54, 1.807) is 0 Å². The quantitative estimate of drug-likeness (QED) is 0.826. The maximum absolute atomic E-state index is 12.0. The highest BCUT2D eigenvalue weighted by Crippen LogP contribution is 2.40. The lowest BCUT2D eigenvalue weighted by Gasteiger charge is -2.33. The van der Waals surface area contributed by atoms with Crippen LogP contribution in [0.5, 0.6) is 0 Å². The fourth-order valence-electron chi connectivity index (χ4n) is 2.74. The Kier molecular flexibility index (Phi) is 5.09. The number of rotatable bonds is 3. The molecule has 0 aromatic carbocycles. The summed E-state index contributed by atoms with van der Waals surface area (Å²) in [5.41, 5.74) is 6.26. The second kappa shape index (κ2) is 6.70. The van der Waals surface area contributed by atoms with Gasteiger partial charge < -0.3 is 10.5 Å². The van der Waals surface area contributed by atoms with Gasteiger partial charge in [-0.2, -0.15) is 0 Å². The molecule has 7 heteroatoms. The average Bonchev–Trinajstić information content (AvgIpc) is 2.86. The summed E-state index contributed by atoms with van der Waals surface area (Å²) < 4.78 is 4.91. The van der Waals surface area contributed by atoms with E-state index in [2.05, 4.69) is 20.8 Å². The predicted molar refractivity (Wildman–Crippen MR) is 87.3 cm³/mol. The van der Waals surface area contributed by atoms with Crippen LogP contribution < -0.4 is 11.1 Å². The molecule has 1 aromatic rings. The smallest absolute Gasteiger partial charge is 0.348 e. The minimum atomic E-state index is -0.967. The lowest BCUT2D eigenvalue weighted by molar-refractivity contribution is -0.123. The van der Waals surface area contributed by atoms with E-state index >= 15 is 0 Å². The lowest BCUT2D eigenvalue weighted by atomic mass is 9.72. The Balaban J connectivity index is 1.98. The van der Waals surface area contributed by atoms with Crippen LogP contribution in [0.15, 0.2) is 6.07 Å². The number of ether oxygens (including phenoxy) is 1. The molecule has 126 valence electrons. The van der Waals surface area contributed by atoms with Gasteiger partial charge in [0, 0.05) is 4.88 Å². The number of urea groups is 1. The summed E-state index contributed by atoms with van der Waals surface area (Å²) in [6.07, 6.45) is 3.05. The molecule has 6 nitrogen and oxygen atoms in total. The summed E-state index contributed by atoms with van der Waals surface area (Å²) in [5.74, 6) is -0.689. The molecule has 0 aliphatic heterocycles. The molecular formula is C16H22N2O4S. The van der Waals surface area contributed by atoms with E-state index in [4.69, 9.17) is 10.5 Å². The van der Waals surface area contributed by atoms with Gasteiger partial charge in [0.1, 0.15) is 4.88 Å². The topological polar surface area (TPSA) is 98.5 Å². The van der Waals surface area contributed by atoms with E-state index in [1.807, 2.05) is 11.4 Å². The van der Waals surface area contributed by atoms with Gasteiger partial charge in [0.25, 0.3) is 5.91 Å². The van der Waals surface area contributed by atoms with Gasteiger partial charge in [-0.25, -0.2) is 9.59 Å². The fraction of sp³-hybridized carbons (Fsp3) is 0.562. The average molecular weight is 338 g/mol. The summed E-state index contributed by atoms with van der Waals surface area (Å²) in [5, 5.41) is 1.85. The molecule has 3 amide bonds. The number of fused-ring (bicyclic) bond motifs is 1. The van der Waals surface area contributed by atoms with Crippen LogP contribution >= 0.6 is 11.3 Å². The van der Waals surface area contributed by atoms with Crippen LogP contribution in [-0.4, -0.2) is 24.5 Å². The lowest BCUT2D eigenvalue weighted by Crippen LogP contribution is -2.37. The molecule has 0 saturated heterocycles. The summed E-state index contributed by atoms with van der Waals surface area (Å²) in [6, 6.07) is 0.900. The highest BCUT2D eigenvalue weighted by Gasteiger charge is 2.30. The molecule has 1 aromatic heterocycles. The Morgan fingerprint density at radius 1 is 1.39 bits per heavy atom. The number of primary amides is 1. The molecule has 1 heterocycles. The Labute approximate surface area is 139 Å². The van der Waals surface area contributed by atoms with Crippen LogP contribution in [0.4, 0.5) is 4.79 Å². The van der Waals surface area contributed by atoms with Crippen molar-refractivity contribution in [2.24, 2.45) is 17.1 Å². The Morgan fingerprint density at radius 2 is 2.09 bits per heavy atom. The second-order valence-electron chi connectivity index (χ2n) is 6.85. The largest absolute Gasteiger partial charge is 0.451 e. The van der Waals surface area contributed by atoms with Gasteiger partial charge in [0.2, 0.25) is 0 Å². The minimum absolute atomic E-state index is 0.243. The summed E-state index contributed by atoms with van der Waals surface area (Å²) in [6.45, 7) is 6.19. The molecule has 3 N–H and O–H groups in total. The molecular weight excluding hydrogens is 316 g/mol. The molecule has 0 radical (unpaired) electrons. The van der Waals surface area contributed by atoms with Gasteiger partial charge in [0.05, 0.1) is 0 Å². The van der Waals surface area contributed by atoms with E-state index < -0.39 is 24.5 Å². The molecule has 23 heavy (non-hydrogen) atoms. The zero-order chi connectivity index (χ0) is 17.2. The van der Waals surface area contributed by atoms with Crippen LogP contribution in [-0.2, 0) is 22.4 Å². The molecule has 1 aliphatic carbocycles. The molecule has 0 fully saturated rings. The third kappa shape index (κ3) is 4.54. The van der Waals surface area contributed by atoms with Crippen molar-refractivity contribution in [3.8, 4) is 0 Å². The minimum Gasteiger partial charge on any atom is -0.451 e. The van der Waals surface area contributed by atoms with E-state index in [0.717, 1.165) is 19.3 Å². The Bertz CT molecular complexity index is 631. The van der Waals surface area contributed by atoms with Gasteiger partial charge in [0.15, 0.2) is 6.61 Å². The van der Waals surface area contributed by atoms with Gasteiger partial charge in [-0.1, -0.05) is 20.8 Å². The van der Waals surface area contributed by atoms with Crippen LogP contribution in [0.1, 0.15) is 47.3 Å². The van der Waals surface area contributed by atoms with E-state index in [-0.39, 0.29) is 5.41 Å². The van der Waals surface area contributed by atoms with Crippen molar-refractivity contribution in [1.82, 2.24) is 5.32 Å². The number of nitrogens with two attached hydrogens (primary N) is 1. The van der Waals surface area contributed by atoms with Crippen molar-refractivity contribution in [2.45, 2.75) is 40.0 Å². The van der Waals surface area contributed by atoms with Crippen LogP contribution in [0.3, 0.4) is 0 Å². The second-order valence-corrected chi connectivity index (χ2v) is 7.99. The number of amides is 3. The van der Waals surface area contributed by atoms with Crippen molar-refractivity contribution in [3.63, 3.8) is 0 Å². The zero-order valence-electron chi connectivity index (χ0n) is 13.6. The first kappa shape index (κ1) is 17.5. The Morgan fingerprint density at radius 3 is 2.70 bits per heavy atom. The van der Waals surface area contributed by atoms with E-state index in [1.165, 1.54) is 21.8 Å².